The highest BCUT2D eigenvalue weighted by Crippen LogP contribution is 2.57. The highest BCUT2D eigenvalue weighted by atomic mass is 32.2. The van der Waals surface area contributed by atoms with Crippen LogP contribution in [0.2, 0.25) is 0 Å². The lowest BCUT2D eigenvalue weighted by Crippen LogP contribution is -2.30. The molecule has 0 aromatic heterocycles. The molecule has 0 unspecified atom stereocenters. The first kappa shape index (κ1) is 32.0. The fourth-order valence-corrected chi connectivity index (χ4v) is 8.99. The minimum absolute atomic E-state index is 0.0213. The van der Waals surface area contributed by atoms with Crippen molar-refractivity contribution in [2.45, 2.75) is 120 Å². The third kappa shape index (κ3) is 8.55. The van der Waals surface area contributed by atoms with Gasteiger partial charge in [-0.05, 0) is 88.7 Å². The van der Waals surface area contributed by atoms with Crippen LogP contribution in [0.3, 0.4) is 0 Å². The molecular weight excluding hydrogens is 554 g/mol. The molecule has 0 radical (unpaired) electrons. The Bertz CT molecular complexity index is 1170. The van der Waals surface area contributed by atoms with E-state index in [0.717, 1.165) is 58.8 Å². The number of thioether (sulfide) groups is 2. The van der Waals surface area contributed by atoms with Crippen LogP contribution in [0.4, 0.5) is 0 Å². The molecule has 6 nitrogen and oxygen atoms in total. The fraction of sp³-hybridized carbons (Fsp3) is 0.667. The number of ether oxygens (including phenoxy) is 2. The van der Waals surface area contributed by atoms with Crippen LogP contribution in [0.1, 0.15) is 103 Å². The van der Waals surface area contributed by atoms with E-state index >= 15 is 0 Å². The van der Waals surface area contributed by atoms with Crippen LogP contribution in [-0.4, -0.2) is 29.3 Å². The Morgan fingerprint density at radius 1 is 1.02 bits per heavy atom. The van der Waals surface area contributed by atoms with E-state index in [9.17, 15) is 20.0 Å². The van der Waals surface area contributed by atoms with Gasteiger partial charge in [0.15, 0.2) is 5.57 Å². The number of nitriles is 1. The van der Waals surface area contributed by atoms with Crippen molar-refractivity contribution in [3.05, 3.63) is 27.5 Å². The lowest BCUT2D eigenvalue weighted by molar-refractivity contribution is -0.141. The van der Waals surface area contributed by atoms with Crippen LogP contribution in [0, 0.1) is 41.9 Å². The van der Waals surface area contributed by atoms with Gasteiger partial charge >= 0.3 is 11.9 Å². The van der Waals surface area contributed by atoms with E-state index in [-0.39, 0.29) is 30.5 Å². The number of rotatable bonds is 10. The van der Waals surface area contributed by atoms with Crippen LogP contribution in [-0.2, 0) is 14.3 Å². The molecule has 4 rings (SSSR count). The number of hydrogen-bond donors (Lipinski definition) is 1. The summed E-state index contributed by atoms with van der Waals surface area (Å²) in [6, 6.07) is 5.73. The number of fused-ring (bicyclic) bond motifs is 1. The average Bonchev–Trinajstić information content (AvgIpc) is 3.40. The molecule has 0 saturated heterocycles. The maximum Gasteiger partial charge on any atom is 0.350 e. The maximum atomic E-state index is 13.3. The first-order chi connectivity index (χ1) is 19.6. The molecule has 3 aliphatic rings. The lowest BCUT2D eigenvalue weighted by atomic mass is 9.68. The Kier molecular flexibility index (Phi) is 11.3. The van der Waals surface area contributed by atoms with Crippen molar-refractivity contribution in [3.8, 4) is 11.8 Å². The van der Waals surface area contributed by atoms with Gasteiger partial charge in [0, 0.05) is 11.3 Å². The van der Waals surface area contributed by atoms with Crippen molar-refractivity contribution in [3.63, 3.8) is 0 Å². The molecule has 2 fully saturated rings. The smallest absolute Gasteiger partial charge is 0.350 e. The summed E-state index contributed by atoms with van der Waals surface area (Å²) in [6.07, 6.45) is 13.8. The van der Waals surface area contributed by atoms with Crippen molar-refractivity contribution in [1.29, 1.82) is 5.26 Å². The maximum absolute atomic E-state index is 13.3. The highest BCUT2D eigenvalue weighted by Gasteiger charge is 2.35. The third-order valence-electron chi connectivity index (χ3n) is 8.97. The number of hydrogen-bond acceptors (Lipinski definition) is 8. The van der Waals surface area contributed by atoms with Crippen LogP contribution in [0.25, 0.3) is 0 Å². The van der Waals surface area contributed by atoms with E-state index in [0.29, 0.717) is 9.99 Å². The Morgan fingerprint density at radius 2 is 1.66 bits per heavy atom. The van der Waals surface area contributed by atoms with Crippen molar-refractivity contribution in [2.24, 2.45) is 23.7 Å². The van der Waals surface area contributed by atoms with E-state index in [1.807, 2.05) is 25.1 Å². The number of benzene rings is 1. The first-order valence-electron chi connectivity index (χ1n) is 15.3. The minimum Gasteiger partial charge on any atom is -0.461 e. The van der Waals surface area contributed by atoms with Gasteiger partial charge < -0.3 is 14.6 Å². The standard InChI is InChI=1S/C33H45NO5S2/c1-5-6-7-22-9-11-23(12-10-22)24-13-15-25(16-14-24)30(35)39-27-17-8-21(2)28-29(27)41-32(40-28)26(20-34)31(36)38-19-18-33(3,4)37/h8,17,22-25,37H,5-7,9-16,18-19H2,1-4H3/b32-26+. The first-order valence-corrected chi connectivity index (χ1v) is 17.0. The summed E-state index contributed by atoms with van der Waals surface area (Å²) in [5, 5.41) is 19.6. The highest BCUT2D eigenvalue weighted by molar-refractivity contribution is 8.24. The summed E-state index contributed by atoms with van der Waals surface area (Å²) >= 11 is 2.62. The summed E-state index contributed by atoms with van der Waals surface area (Å²) in [7, 11) is 0. The lowest BCUT2D eigenvalue weighted by Gasteiger charge is -2.37. The SMILES string of the molecule is CCCCC1CCC(C2CCC(C(=O)Oc3ccc(C)c4c3S/C(=C(\C#N)C(=O)OCCC(C)(C)O)S4)CC2)CC1. The zero-order chi connectivity index (χ0) is 29.6. The summed E-state index contributed by atoms with van der Waals surface area (Å²) in [5.41, 5.74) is -0.0400. The van der Waals surface area contributed by atoms with Crippen LogP contribution >= 0.6 is 23.5 Å². The third-order valence-corrected chi connectivity index (χ3v) is 11.7. The van der Waals surface area contributed by atoms with E-state index in [2.05, 4.69) is 6.92 Å². The van der Waals surface area contributed by atoms with Gasteiger partial charge in [-0.15, -0.1) is 0 Å². The van der Waals surface area contributed by atoms with Crippen LogP contribution in [0.15, 0.2) is 31.7 Å². The topological polar surface area (TPSA) is 96.6 Å². The summed E-state index contributed by atoms with van der Waals surface area (Å²) < 4.78 is 11.8. The van der Waals surface area contributed by atoms with E-state index in [1.54, 1.807) is 13.8 Å². The Hall–Kier alpha value is -1.95. The van der Waals surface area contributed by atoms with Gasteiger partial charge in [-0.25, -0.2) is 4.79 Å². The number of carbonyl (C=O) groups excluding carboxylic acids is 2. The summed E-state index contributed by atoms with van der Waals surface area (Å²) in [5.74, 6) is 2.01. The molecule has 2 aliphatic carbocycles. The van der Waals surface area contributed by atoms with Crippen LogP contribution < -0.4 is 4.74 Å². The second-order valence-electron chi connectivity index (χ2n) is 12.7. The van der Waals surface area contributed by atoms with Crippen LogP contribution in [0.5, 0.6) is 5.75 Å². The van der Waals surface area contributed by atoms with Crippen molar-refractivity contribution in [2.75, 3.05) is 6.61 Å². The minimum atomic E-state index is -0.962. The molecule has 1 aromatic carbocycles. The number of carbonyl (C=O) groups is 2. The summed E-state index contributed by atoms with van der Waals surface area (Å²) in [6.45, 7) is 7.54. The fourth-order valence-electron chi connectivity index (χ4n) is 6.35. The average molecular weight is 600 g/mol. The van der Waals surface area contributed by atoms with Crippen molar-refractivity contribution in [1.82, 2.24) is 0 Å². The molecule has 1 N–H and O–H groups in total. The van der Waals surface area contributed by atoms with Gasteiger partial charge in [0.25, 0.3) is 0 Å². The number of aryl methyl sites for hydroxylation is 1. The second kappa shape index (κ2) is 14.5. The summed E-state index contributed by atoms with van der Waals surface area (Å²) in [4.78, 5) is 27.6. The largest absolute Gasteiger partial charge is 0.461 e. The van der Waals surface area contributed by atoms with Crippen molar-refractivity contribution < 1.29 is 24.2 Å². The van der Waals surface area contributed by atoms with E-state index in [4.69, 9.17) is 9.47 Å². The molecule has 8 heteroatoms. The molecule has 1 aliphatic heterocycles. The van der Waals surface area contributed by atoms with Gasteiger partial charge in [-0.1, -0.05) is 68.6 Å². The van der Waals surface area contributed by atoms with Gasteiger partial charge in [0.05, 0.1) is 27.3 Å². The quantitative estimate of drug-likeness (QED) is 0.124. The van der Waals surface area contributed by atoms with Crippen molar-refractivity contribution >= 4 is 35.5 Å². The molecule has 0 amide bonds. The molecule has 41 heavy (non-hydrogen) atoms. The van der Waals surface area contributed by atoms with Gasteiger partial charge in [0.2, 0.25) is 0 Å². The normalized spacial score (nSPS) is 25.7. The molecular formula is C33H45NO5S2. The zero-order valence-electron chi connectivity index (χ0n) is 25.0. The number of esters is 2. The predicted octanol–water partition coefficient (Wildman–Crippen LogP) is 8.34. The number of nitrogens with zero attached hydrogens (tertiary/aromatic N) is 1. The zero-order valence-corrected chi connectivity index (χ0v) is 26.6. The number of aliphatic hydroxyl groups is 1. The Morgan fingerprint density at radius 3 is 2.27 bits per heavy atom. The molecule has 1 aromatic rings. The molecule has 1 heterocycles. The molecule has 0 spiro atoms. The second-order valence-corrected chi connectivity index (χ2v) is 15.0. The molecule has 2 saturated carbocycles. The Labute approximate surface area is 254 Å². The van der Waals surface area contributed by atoms with Gasteiger partial charge in [-0.2, -0.15) is 5.26 Å². The molecule has 0 atom stereocenters. The monoisotopic (exact) mass is 599 g/mol. The predicted molar refractivity (Wildman–Crippen MR) is 163 cm³/mol. The Balaban J connectivity index is 1.34. The number of unbranched alkanes of at least 4 members (excludes halogenated alkanes) is 1. The van der Waals surface area contributed by atoms with Gasteiger partial charge in [0.1, 0.15) is 11.8 Å². The molecule has 0 bridgehead atoms. The van der Waals surface area contributed by atoms with E-state index in [1.165, 1.54) is 68.5 Å². The van der Waals surface area contributed by atoms with E-state index < -0.39 is 11.6 Å². The van der Waals surface area contributed by atoms with Gasteiger partial charge in [-0.3, -0.25) is 4.79 Å². The molecule has 224 valence electrons.